The second kappa shape index (κ2) is 7.74. The van der Waals surface area contributed by atoms with Crippen LogP contribution in [0.1, 0.15) is 36.3 Å². The molecule has 1 N–H and O–H groups in total. The molecule has 1 aliphatic rings. The standard InChI is InChI=1S/C16H28N4O2/c1-13(2)4-5-20-14(3)15(12-17-20)16(22)19-8-6-18(7-9-19)10-11-21/h12-13,21H,4-11H2,1-3H3. The first-order valence-corrected chi connectivity index (χ1v) is 8.17. The quantitative estimate of drug-likeness (QED) is 0.851. The summed E-state index contributed by atoms with van der Waals surface area (Å²) in [5.74, 6) is 0.708. The van der Waals surface area contributed by atoms with E-state index in [1.54, 1.807) is 6.20 Å². The number of β-amino-alcohol motifs (C(OH)–C–C–N with tert-alkyl or cyclic N) is 1. The van der Waals surface area contributed by atoms with Gasteiger partial charge in [0.2, 0.25) is 0 Å². The number of carbonyl (C=O) groups excluding carboxylic acids is 1. The van der Waals surface area contributed by atoms with Crippen molar-refractivity contribution < 1.29 is 9.90 Å². The zero-order valence-electron chi connectivity index (χ0n) is 14.0. The normalized spacial score (nSPS) is 16.5. The van der Waals surface area contributed by atoms with Gasteiger partial charge in [-0.2, -0.15) is 5.10 Å². The Morgan fingerprint density at radius 1 is 1.27 bits per heavy atom. The Bertz CT molecular complexity index is 490. The van der Waals surface area contributed by atoms with Crippen LogP contribution in [0.15, 0.2) is 6.20 Å². The minimum atomic E-state index is 0.0805. The first-order chi connectivity index (χ1) is 10.5. The lowest BCUT2D eigenvalue weighted by atomic mass is 10.1. The van der Waals surface area contributed by atoms with E-state index in [9.17, 15) is 4.79 Å². The first-order valence-electron chi connectivity index (χ1n) is 8.17. The van der Waals surface area contributed by atoms with Crippen molar-refractivity contribution in [1.82, 2.24) is 19.6 Å². The third-order valence-electron chi connectivity index (χ3n) is 4.33. The predicted octanol–water partition coefficient (Wildman–Crippen LogP) is 0.988. The minimum absolute atomic E-state index is 0.0805. The van der Waals surface area contributed by atoms with Gasteiger partial charge in [-0.3, -0.25) is 14.4 Å². The molecule has 22 heavy (non-hydrogen) atoms. The maximum Gasteiger partial charge on any atom is 0.257 e. The third kappa shape index (κ3) is 4.08. The molecule has 0 bridgehead atoms. The molecule has 0 unspecified atom stereocenters. The van der Waals surface area contributed by atoms with Crippen molar-refractivity contribution in [3.63, 3.8) is 0 Å². The third-order valence-corrected chi connectivity index (χ3v) is 4.33. The topological polar surface area (TPSA) is 61.6 Å². The van der Waals surface area contributed by atoms with Gasteiger partial charge in [0.1, 0.15) is 0 Å². The van der Waals surface area contributed by atoms with E-state index in [0.717, 1.165) is 50.4 Å². The lowest BCUT2D eigenvalue weighted by Crippen LogP contribution is -2.49. The summed E-state index contributed by atoms with van der Waals surface area (Å²) in [7, 11) is 0. The van der Waals surface area contributed by atoms with Gasteiger partial charge in [-0.25, -0.2) is 0 Å². The highest BCUT2D eigenvalue weighted by Crippen LogP contribution is 2.14. The summed E-state index contributed by atoms with van der Waals surface area (Å²) < 4.78 is 1.94. The average Bonchev–Trinajstić information content (AvgIpc) is 2.86. The number of hydrogen-bond acceptors (Lipinski definition) is 4. The second-order valence-corrected chi connectivity index (χ2v) is 6.41. The molecule has 1 aromatic heterocycles. The molecule has 0 atom stereocenters. The highest BCUT2D eigenvalue weighted by Gasteiger charge is 2.24. The Labute approximate surface area is 132 Å². The SMILES string of the molecule is Cc1c(C(=O)N2CCN(CCO)CC2)cnn1CCC(C)C. The zero-order chi connectivity index (χ0) is 16.1. The van der Waals surface area contributed by atoms with Crippen LogP contribution < -0.4 is 0 Å². The second-order valence-electron chi connectivity index (χ2n) is 6.41. The molecule has 1 fully saturated rings. The van der Waals surface area contributed by atoms with E-state index < -0.39 is 0 Å². The van der Waals surface area contributed by atoms with Crippen molar-refractivity contribution in [2.24, 2.45) is 5.92 Å². The van der Waals surface area contributed by atoms with Crippen molar-refractivity contribution >= 4 is 5.91 Å². The largest absolute Gasteiger partial charge is 0.395 e. The summed E-state index contributed by atoms with van der Waals surface area (Å²) >= 11 is 0. The van der Waals surface area contributed by atoms with Crippen molar-refractivity contribution in [3.05, 3.63) is 17.5 Å². The molecule has 0 aromatic carbocycles. The number of piperazine rings is 1. The molecule has 0 aliphatic carbocycles. The smallest absolute Gasteiger partial charge is 0.257 e. The monoisotopic (exact) mass is 308 g/mol. The summed E-state index contributed by atoms with van der Waals surface area (Å²) in [5, 5.41) is 13.3. The molecule has 6 heteroatoms. The number of carbonyl (C=O) groups is 1. The highest BCUT2D eigenvalue weighted by atomic mass is 16.3. The van der Waals surface area contributed by atoms with Crippen LogP contribution in [0.25, 0.3) is 0 Å². The molecular formula is C16H28N4O2. The van der Waals surface area contributed by atoms with Crippen LogP contribution in [-0.2, 0) is 6.54 Å². The molecule has 1 saturated heterocycles. The summed E-state index contributed by atoms with van der Waals surface area (Å²) in [6.07, 6.45) is 2.77. The fourth-order valence-electron chi connectivity index (χ4n) is 2.75. The van der Waals surface area contributed by atoms with Gasteiger partial charge >= 0.3 is 0 Å². The predicted molar refractivity (Wildman–Crippen MR) is 85.8 cm³/mol. The average molecular weight is 308 g/mol. The van der Waals surface area contributed by atoms with Gasteiger partial charge in [-0.1, -0.05) is 13.8 Å². The number of rotatable bonds is 6. The Hall–Kier alpha value is -1.40. The van der Waals surface area contributed by atoms with Crippen molar-refractivity contribution in [3.8, 4) is 0 Å². The van der Waals surface area contributed by atoms with Gasteiger partial charge in [0.25, 0.3) is 5.91 Å². The van der Waals surface area contributed by atoms with E-state index >= 15 is 0 Å². The molecule has 0 radical (unpaired) electrons. The minimum Gasteiger partial charge on any atom is -0.395 e. The Morgan fingerprint density at radius 2 is 1.95 bits per heavy atom. The van der Waals surface area contributed by atoms with Crippen LogP contribution in [0.3, 0.4) is 0 Å². The van der Waals surface area contributed by atoms with E-state index in [0.29, 0.717) is 12.5 Å². The van der Waals surface area contributed by atoms with Gasteiger partial charge in [-0.05, 0) is 19.3 Å². The molecule has 1 aromatic rings. The van der Waals surface area contributed by atoms with Crippen LogP contribution in [0.2, 0.25) is 0 Å². The lowest BCUT2D eigenvalue weighted by Gasteiger charge is -2.34. The zero-order valence-corrected chi connectivity index (χ0v) is 14.0. The molecule has 1 amide bonds. The van der Waals surface area contributed by atoms with Crippen molar-refractivity contribution in [2.75, 3.05) is 39.3 Å². The summed E-state index contributed by atoms with van der Waals surface area (Å²) in [5.41, 5.74) is 1.68. The Morgan fingerprint density at radius 3 is 2.55 bits per heavy atom. The molecule has 2 heterocycles. The van der Waals surface area contributed by atoms with Crippen LogP contribution in [-0.4, -0.2) is 69.9 Å². The number of aromatic nitrogens is 2. The molecular weight excluding hydrogens is 280 g/mol. The van der Waals surface area contributed by atoms with E-state index in [-0.39, 0.29) is 12.5 Å². The fourth-order valence-corrected chi connectivity index (χ4v) is 2.75. The van der Waals surface area contributed by atoms with Crippen molar-refractivity contribution in [1.29, 1.82) is 0 Å². The number of nitrogens with zero attached hydrogens (tertiary/aromatic N) is 4. The number of aliphatic hydroxyl groups excluding tert-OH is 1. The summed E-state index contributed by atoms with van der Waals surface area (Å²) in [4.78, 5) is 16.7. The van der Waals surface area contributed by atoms with Gasteiger partial charge in [-0.15, -0.1) is 0 Å². The molecule has 2 rings (SSSR count). The summed E-state index contributed by atoms with van der Waals surface area (Å²) in [6, 6.07) is 0. The first kappa shape index (κ1) is 17.0. The summed E-state index contributed by atoms with van der Waals surface area (Å²) in [6.45, 7) is 11.2. The number of aryl methyl sites for hydroxylation is 1. The molecule has 1 aliphatic heterocycles. The van der Waals surface area contributed by atoms with Crippen LogP contribution in [0, 0.1) is 12.8 Å². The van der Waals surface area contributed by atoms with Crippen LogP contribution >= 0.6 is 0 Å². The Balaban J connectivity index is 1.96. The van der Waals surface area contributed by atoms with E-state index in [2.05, 4.69) is 23.8 Å². The Kier molecular flexibility index (Phi) is 5.97. The van der Waals surface area contributed by atoms with Gasteiger partial charge in [0, 0.05) is 45.0 Å². The molecule has 6 nitrogen and oxygen atoms in total. The molecule has 124 valence electrons. The van der Waals surface area contributed by atoms with E-state index in [1.165, 1.54) is 0 Å². The van der Waals surface area contributed by atoms with E-state index in [4.69, 9.17) is 5.11 Å². The maximum absolute atomic E-state index is 12.6. The highest BCUT2D eigenvalue weighted by molar-refractivity contribution is 5.95. The van der Waals surface area contributed by atoms with Crippen LogP contribution in [0.5, 0.6) is 0 Å². The van der Waals surface area contributed by atoms with E-state index in [1.807, 2.05) is 16.5 Å². The van der Waals surface area contributed by atoms with Gasteiger partial charge in [0.05, 0.1) is 18.4 Å². The maximum atomic E-state index is 12.6. The van der Waals surface area contributed by atoms with Gasteiger partial charge in [0.15, 0.2) is 0 Å². The fraction of sp³-hybridized carbons (Fsp3) is 0.750. The number of hydrogen-bond donors (Lipinski definition) is 1. The number of amides is 1. The van der Waals surface area contributed by atoms with Crippen LogP contribution in [0.4, 0.5) is 0 Å². The van der Waals surface area contributed by atoms with Crippen molar-refractivity contribution in [2.45, 2.75) is 33.7 Å². The van der Waals surface area contributed by atoms with Gasteiger partial charge < -0.3 is 10.0 Å². The lowest BCUT2D eigenvalue weighted by molar-refractivity contribution is 0.0614. The molecule has 0 spiro atoms. The number of aliphatic hydroxyl groups is 1. The molecule has 0 saturated carbocycles.